The third-order valence-corrected chi connectivity index (χ3v) is 5.85. The minimum atomic E-state index is -0.863. The van der Waals surface area contributed by atoms with Crippen LogP contribution in [0.2, 0.25) is 0 Å². The molecule has 1 heterocycles. The van der Waals surface area contributed by atoms with Gasteiger partial charge in [-0.1, -0.05) is 48.5 Å². The molecule has 1 aliphatic rings. The van der Waals surface area contributed by atoms with Crippen LogP contribution in [0.1, 0.15) is 23.6 Å². The van der Waals surface area contributed by atoms with Crippen LogP contribution in [0.5, 0.6) is 11.5 Å². The zero-order valence-electron chi connectivity index (χ0n) is 18.4. The number of fused-ring (bicyclic) bond motifs is 1. The smallest absolute Gasteiger partial charge is 0.295 e. The second-order valence-electron chi connectivity index (χ2n) is 7.80. The van der Waals surface area contributed by atoms with Crippen molar-refractivity contribution in [1.82, 2.24) is 4.90 Å². The van der Waals surface area contributed by atoms with Crippen LogP contribution in [0.25, 0.3) is 16.5 Å². The molecule has 170 valence electrons. The molecule has 0 aromatic heterocycles. The van der Waals surface area contributed by atoms with Crippen molar-refractivity contribution in [3.05, 3.63) is 77.4 Å². The molecule has 1 atom stereocenters. The van der Waals surface area contributed by atoms with E-state index in [1.54, 1.807) is 31.4 Å². The average molecular weight is 447 g/mol. The van der Waals surface area contributed by atoms with Gasteiger partial charge < -0.3 is 24.6 Å². The number of carbonyl (C=O) groups is 2. The van der Waals surface area contributed by atoms with Gasteiger partial charge in [-0.2, -0.15) is 0 Å². The van der Waals surface area contributed by atoms with Crippen LogP contribution >= 0.6 is 0 Å². The molecule has 4 rings (SSSR count). The number of aliphatic hydroxyl groups excluding tert-OH is 1. The minimum absolute atomic E-state index is 0.0154. The summed E-state index contributed by atoms with van der Waals surface area (Å²) in [6.07, 6.45) is 0.510. The number of hydrogen-bond donors (Lipinski definition) is 2. The Hall–Kier alpha value is -3.84. The third kappa shape index (κ3) is 4.03. The van der Waals surface area contributed by atoms with Crippen molar-refractivity contribution in [2.75, 3.05) is 27.4 Å². The van der Waals surface area contributed by atoms with Gasteiger partial charge >= 0.3 is 0 Å². The second kappa shape index (κ2) is 9.34. The van der Waals surface area contributed by atoms with Gasteiger partial charge in [0.05, 0.1) is 18.7 Å². The van der Waals surface area contributed by atoms with Gasteiger partial charge in [-0.15, -0.1) is 0 Å². The largest absolute Gasteiger partial charge is 0.507 e. The number of benzene rings is 3. The van der Waals surface area contributed by atoms with Gasteiger partial charge in [0, 0.05) is 25.8 Å². The summed E-state index contributed by atoms with van der Waals surface area (Å²) in [6.45, 7) is 0.662. The summed E-state index contributed by atoms with van der Waals surface area (Å²) in [5.74, 6) is -1.57. The predicted molar refractivity (Wildman–Crippen MR) is 124 cm³/mol. The fourth-order valence-corrected chi connectivity index (χ4v) is 4.29. The van der Waals surface area contributed by atoms with Gasteiger partial charge in [0.15, 0.2) is 11.5 Å². The quantitative estimate of drug-likeness (QED) is 0.246. The lowest BCUT2D eigenvalue weighted by Gasteiger charge is -2.25. The second-order valence-corrected chi connectivity index (χ2v) is 7.80. The van der Waals surface area contributed by atoms with Crippen molar-refractivity contribution in [1.29, 1.82) is 0 Å². The van der Waals surface area contributed by atoms with Crippen molar-refractivity contribution in [3.8, 4) is 11.5 Å². The monoisotopic (exact) mass is 447 g/mol. The lowest BCUT2D eigenvalue weighted by atomic mass is 9.93. The summed E-state index contributed by atoms with van der Waals surface area (Å²) in [5, 5.41) is 23.4. The van der Waals surface area contributed by atoms with Gasteiger partial charge in [-0.05, 0) is 34.9 Å². The molecule has 0 spiro atoms. The van der Waals surface area contributed by atoms with E-state index in [-0.39, 0.29) is 29.4 Å². The van der Waals surface area contributed by atoms with Crippen LogP contribution in [0, 0.1) is 0 Å². The van der Waals surface area contributed by atoms with Gasteiger partial charge in [-0.3, -0.25) is 9.59 Å². The molecule has 2 N–H and O–H groups in total. The first-order valence-corrected chi connectivity index (χ1v) is 10.6. The average Bonchev–Trinajstić information content (AvgIpc) is 3.08. The molecule has 0 radical (unpaired) electrons. The number of aliphatic hydroxyl groups is 1. The highest BCUT2D eigenvalue weighted by Crippen LogP contribution is 2.42. The topological polar surface area (TPSA) is 96.3 Å². The number of ether oxygens (including phenoxy) is 2. The zero-order valence-corrected chi connectivity index (χ0v) is 18.4. The number of likely N-dealkylation sites (tertiary alicyclic amines) is 1. The van der Waals surface area contributed by atoms with E-state index in [0.717, 1.165) is 10.8 Å². The SMILES string of the molecule is COCCCN1C(=O)C(=O)/C(=C(\O)c2cccc3ccccc23)C1c1ccc(OC)c(O)c1. The molecule has 0 aliphatic carbocycles. The molecule has 0 bridgehead atoms. The maximum Gasteiger partial charge on any atom is 0.295 e. The minimum Gasteiger partial charge on any atom is -0.507 e. The Kier molecular flexibility index (Phi) is 6.33. The van der Waals surface area contributed by atoms with Crippen LogP contribution in [0.15, 0.2) is 66.2 Å². The molecule has 1 unspecified atom stereocenters. The first-order chi connectivity index (χ1) is 16.0. The van der Waals surface area contributed by atoms with E-state index in [1.165, 1.54) is 18.1 Å². The van der Waals surface area contributed by atoms with E-state index in [9.17, 15) is 19.8 Å². The van der Waals surface area contributed by atoms with E-state index in [0.29, 0.717) is 24.2 Å². The molecule has 33 heavy (non-hydrogen) atoms. The lowest BCUT2D eigenvalue weighted by molar-refractivity contribution is -0.140. The Bertz CT molecular complexity index is 1240. The van der Waals surface area contributed by atoms with Crippen molar-refractivity contribution >= 4 is 28.2 Å². The molecular weight excluding hydrogens is 422 g/mol. The van der Waals surface area contributed by atoms with Crippen molar-refractivity contribution < 1.29 is 29.3 Å². The number of Topliss-reactive ketones (excluding diaryl/α,β-unsaturated/α-hetero) is 1. The van der Waals surface area contributed by atoms with Crippen LogP contribution < -0.4 is 4.74 Å². The molecule has 7 nitrogen and oxygen atoms in total. The number of ketones is 1. The summed E-state index contributed by atoms with van der Waals surface area (Å²) < 4.78 is 10.2. The molecule has 3 aromatic rings. The third-order valence-electron chi connectivity index (χ3n) is 5.85. The first kappa shape index (κ1) is 22.4. The van der Waals surface area contributed by atoms with E-state index >= 15 is 0 Å². The molecule has 1 fully saturated rings. The summed E-state index contributed by atoms with van der Waals surface area (Å²) in [4.78, 5) is 27.6. The van der Waals surface area contributed by atoms with Gasteiger partial charge in [0.1, 0.15) is 5.76 Å². The fourth-order valence-electron chi connectivity index (χ4n) is 4.29. The Morgan fingerprint density at radius 1 is 1.03 bits per heavy atom. The number of methoxy groups -OCH3 is 2. The predicted octanol–water partition coefficient (Wildman–Crippen LogP) is 4.01. The molecule has 7 heteroatoms. The van der Waals surface area contributed by atoms with Crippen molar-refractivity contribution in [2.45, 2.75) is 12.5 Å². The lowest BCUT2D eigenvalue weighted by Crippen LogP contribution is -2.31. The van der Waals surface area contributed by atoms with Crippen molar-refractivity contribution in [3.63, 3.8) is 0 Å². The zero-order chi connectivity index (χ0) is 23.5. The van der Waals surface area contributed by atoms with E-state index in [4.69, 9.17) is 9.47 Å². The number of phenols is 1. The van der Waals surface area contributed by atoms with Crippen molar-refractivity contribution in [2.24, 2.45) is 0 Å². The molecule has 0 saturated carbocycles. The highest BCUT2D eigenvalue weighted by molar-refractivity contribution is 6.46. The summed E-state index contributed by atoms with van der Waals surface area (Å²) in [7, 11) is 3.00. The number of amides is 1. The van der Waals surface area contributed by atoms with Gasteiger partial charge in [0.2, 0.25) is 0 Å². The normalized spacial score (nSPS) is 17.6. The Balaban J connectivity index is 1.91. The van der Waals surface area contributed by atoms with Crippen LogP contribution in [-0.2, 0) is 14.3 Å². The highest BCUT2D eigenvalue weighted by atomic mass is 16.5. The number of phenolic OH excluding ortho intramolecular Hbond substituents is 1. The van der Waals surface area contributed by atoms with E-state index < -0.39 is 17.7 Å². The molecule has 1 aliphatic heterocycles. The number of aromatic hydroxyl groups is 1. The van der Waals surface area contributed by atoms with Crippen LogP contribution in [0.4, 0.5) is 0 Å². The van der Waals surface area contributed by atoms with E-state index in [1.807, 2.05) is 30.3 Å². The molecular formula is C26H25NO6. The maximum absolute atomic E-state index is 13.2. The molecule has 1 saturated heterocycles. The number of hydrogen-bond acceptors (Lipinski definition) is 6. The Labute approximate surface area is 191 Å². The van der Waals surface area contributed by atoms with Gasteiger partial charge in [0.25, 0.3) is 11.7 Å². The molecule has 1 amide bonds. The maximum atomic E-state index is 13.2. The number of nitrogens with zero attached hydrogens (tertiary/aromatic N) is 1. The standard InChI is InChI=1S/C26H25NO6/c1-32-14-6-13-27-23(17-11-12-21(33-2)20(28)15-17)22(25(30)26(27)31)24(29)19-10-5-8-16-7-3-4-9-18(16)19/h3-5,7-12,15,23,28-29H,6,13-14H2,1-2H3/b24-22-. The van der Waals surface area contributed by atoms with E-state index in [2.05, 4.69) is 0 Å². The van der Waals surface area contributed by atoms with Crippen LogP contribution in [0.3, 0.4) is 0 Å². The summed E-state index contributed by atoms with van der Waals surface area (Å²) >= 11 is 0. The molecule has 3 aromatic carbocycles. The Morgan fingerprint density at radius 2 is 1.79 bits per heavy atom. The Morgan fingerprint density at radius 3 is 2.52 bits per heavy atom. The highest BCUT2D eigenvalue weighted by Gasteiger charge is 2.46. The first-order valence-electron chi connectivity index (χ1n) is 10.6. The number of carbonyl (C=O) groups excluding carboxylic acids is 2. The van der Waals surface area contributed by atoms with Gasteiger partial charge in [-0.25, -0.2) is 0 Å². The summed E-state index contributed by atoms with van der Waals surface area (Å²) in [5.41, 5.74) is 0.941. The fraction of sp³-hybridized carbons (Fsp3) is 0.231. The number of rotatable bonds is 7. The van der Waals surface area contributed by atoms with Crippen LogP contribution in [-0.4, -0.2) is 54.2 Å². The summed E-state index contributed by atoms with van der Waals surface area (Å²) in [6, 6.07) is 16.8.